The number of hydrogen-bond donors (Lipinski definition) is 2. The molecule has 0 aliphatic carbocycles. The summed E-state index contributed by atoms with van der Waals surface area (Å²) in [5.74, 6) is -0.258. The summed E-state index contributed by atoms with van der Waals surface area (Å²) in [6.07, 6.45) is 0. The number of carboxylic acid groups (broad SMARTS) is 1. The minimum atomic E-state index is -0.947. The van der Waals surface area contributed by atoms with Crippen molar-refractivity contribution in [2.24, 2.45) is 7.05 Å². The van der Waals surface area contributed by atoms with Crippen molar-refractivity contribution < 1.29 is 9.90 Å². The Bertz CT molecular complexity index is 861. The molecule has 0 fully saturated rings. The summed E-state index contributed by atoms with van der Waals surface area (Å²) in [5, 5.41) is 12.4. The number of aromatic nitrogens is 2. The molecule has 0 radical (unpaired) electrons. The number of rotatable bonds is 3. The molecule has 0 saturated heterocycles. The van der Waals surface area contributed by atoms with E-state index in [-0.39, 0.29) is 5.56 Å². The highest BCUT2D eigenvalue weighted by Gasteiger charge is 2.12. The molecule has 5 nitrogen and oxygen atoms in total. The highest BCUT2D eigenvalue weighted by molar-refractivity contribution is 5.93. The number of imidazole rings is 1. The van der Waals surface area contributed by atoms with Crippen LogP contribution in [-0.4, -0.2) is 20.6 Å². The van der Waals surface area contributed by atoms with E-state index >= 15 is 0 Å². The van der Waals surface area contributed by atoms with Gasteiger partial charge in [0.2, 0.25) is 5.95 Å². The fraction of sp³-hybridized carbons (Fsp3) is 0.176. The van der Waals surface area contributed by atoms with Crippen molar-refractivity contribution in [3.8, 4) is 0 Å². The smallest absolute Gasteiger partial charge is 0.335 e. The number of carbonyl (C=O) groups is 1. The molecule has 0 saturated carbocycles. The van der Waals surface area contributed by atoms with Crippen molar-refractivity contribution in [1.29, 1.82) is 0 Å². The fourth-order valence-corrected chi connectivity index (χ4v) is 2.57. The van der Waals surface area contributed by atoms with Crippen molar-refractivity contribution in [3.05, 3.63) is 53.1 Å². The van der Waals surface area contributed by atoms with Crippen LogP contribution in [0.25, 0.3) is 11.0 Å². The zero-order valence-electron chi connectivity index (χ0n) is 12.7. The molecule has 22 heavy (non-hydrogen) atoms. The van der Waals surface area contributed by atoms with E-state index in [1.807, 2.05) is 43.7 Å². The minimum absolute atomic E-state index is 0.240. The Hall–Kier alpha value is -2.82. The van der Waals surface area contributed by atoms with Gasteiger partial charge >= 0.3 is 5.97 Å². The van der Waals surface area contributed by atoms with E-state index in [2.05, 4.69) is 10.3 Å². The van der Waals surface area contributed by atoms with Gasteiger partial charge in [0.25, 0.3) is 0 Å². The lowest BCUT2D eigenvalue weighted by atomic mass is 10.1. The molecule has 0 bridgehead atoms. The van der Waals surface area contributed by atoms with Crippen LogP contribution in [0, 0.1) is 13.8 Å². The van der Waals surface area contributed by atoms with Gasteiger partial charge in [0, 0.05) is 12.7 Å². The van der Waals surface area contributed by atoms with E-state index in [4.69, 9.17) is 5.11 Å². The number of para-hydroxylation sites is 1. The summed E-state index contributed by atoms with van der Waals surface area (Å²) in [6, 6.07) is 11.1. The third-order valence-electron chi connectivity index (χ3n) is 3.85. The van der Waals surface area contributed by atoms with Crippen molar-refractivity contribution in [1.82, 2.24) is 9.55 Å². The predicted octanol–water partition coefficient (Wildman–Crippen LogP) is 3.63. The lowest BCUT2D eigenvalue weighted by molar-refractivity contribution is 0.0697. The number of nitrogens with zero attached hydrogens (tertiary/aromatic N) is 2. The van der Waals surface area contributed by atoms with Gasteiger partial charge in [0.05, 0.1) is 16.6 Å². The molecule has 0 aliphatic heterocycles. The maximum atomic E-state index is 11.1. The average molecular weight is 295 g/mol. The van der Waals surface area contributed by atoms with Gasteiger partial charge in [-0.3, -0.25) is 0 Å². The Morgan fingerprint density at radius 2 is 1.86 bits per heavy atom. The molecule has 1 heterocycles. The largest absolute Gasteiger partial charge is 0.478 e. The minimum Gasteiger partial charge on any atom is -0.478 e. The second-order valence-electron chi connectivity index (χ2n) is 5.39. The molecule has 3 rings (SSSR count). The van der Waals surface area contributed by atoms with E-state index in [1.54, 1.807) is 18.2 Å². The summed E-state index contributed by atoms with van der Waals surface area (Å²) >= 11 is 0. The number of aryl methyl sites for hydroxylation is 3. The van der Waals surface area contributed by atoms with Gasteiger partial charge in [-0.2, -0.15) is 0 Å². The quantitative estimate of drug-likeness (QED) is 0.774. The van der Waals surface area contributed by atoms with E-state index in [1.165, 1.54) is 0 Å². The highest BCUT2D eigenvalue weighted by Crippen LogP contribution is 2.26. The van der Waals surface area contributed by atoms with Crippen molar-refractivity contribution >= 4 is 28.6 Å². The van der Waals surface area contributed by atoms with Crippen LogP contribution >= 0.6 is 0 Å². The molecule has 5 heteroatoms. The molecule has 0 amide bonds. The zero-order chi connectivity index (χ0) is 15.9. The number of aromatic carboxylic acids is 1. The monoisotopic (exact) mass is 295 g/mol. The first-order valence-corrected chi connectivity index (χ1v) is 7.00. The van der Waals surface area contributed by atoms with E-state index in [0.717, 1.165) is 22.3 Å². The van der Waals surface area contributed by atoms with E-state index in [0.29, 0.717) is 11.5 Å². The van der Waals surface area contributed by atoms with Crippen LogP contribution in [0.3, 0.4) is 0 Å². The molecule has 0 aliphatic rings. The van der Waals surface area contributed by atoms with E-state index < -0.39 is 5.97 Å². The number of fused-ring (bicyclic) bond motifs is 1. The van der Waals surface area contributed by atoms with Crippen LogP contribution in [0.5, 0.6) is 0 Å². The van der Waals surface area contributed by atoms with Crippen LogP contribution < -0.4 is 5.32 Å². The van der Waals surface area contributed by atoms with Gasteiger partial charge in [-0.25, -0.2) is 9.78 Å². The second kappa shape index (κ2) is 5.18. The molecule has 2 aromatic carbocycles. The topological polar surface area (TPSA) is 67.2 Å². The van der Waals surface area contributed by atoms with Gasteiger partial charge < -0.3 is 15.0 Å². The number of hydrogen-bond acceptors (Lipinski definition) is 3. The third-order valence-corrected chi connectivity index (χ3v) is 3.85. The lowest BCUT2D eigenvalue weighted by Gasteiger charge is -2.12. The van der Waals surface area contributed by atoms with Crippen molar-refractivity contribution in [2.45, 2.75) is 13.8 Å². The summed E-state index contributed by atoms with van der Waals surface area (Å²) in [6.45, 7) is 4.08. The first kappa shape index (κ1) is 14.1. The Morgan fingerprint density at radius 1 is 1.18 bits per heavy atom. The molecule has 112 valence electrons. The molecule has 2 N–H and O–H groups in total. The molecular weight excluding hydrogens is 278 g/mol. The van der Waals surface area contributed by atoms with Gasteiger partial charge in [-0.1, -0.05) is 18.2 Å². The predicted molar refractivity (Wildman–Crippen MR) is 86.9 cm³/mol. The normalized spacial score (nSPS) is 10.9. The Kier molecular flexibility index (Phi) is 3.33. The number of anilines is 2. The summed E-state index contributed by atoms with van der Waals surface area (Å²) in [7, 11) is 1.91. The lowest BCUT2D eigenvalue weighted by Crippen LogP contribution is -2.02. The number of nitrogens with one attached hydrogen (secondary N) is 1. The van der Waals surface area contributed by atoms with Crippen LogP contribution in [0.2, 0.25) is 0 Å². The zero-order valence-corrected chi connectivity index (χ0v) is 12.7. The third kappa shape index (κ3) is 2.30. The van der Waals surface area contributed by atoms with Crippen molar-refractivity contribution in [2.75, 3.05) is 5.32 Å². The summed E-state index contributed by atoms with van der Waals surface area (Å²) in [5.41, 5.74) is 5.09. The molecule has 0 unspecified atom stereocenters. The molecular formula is C17H17N3O2. The SMILES string of the molecule is Cc1cccc(C)c1Nc1nc2cc(C(=O)O)ccc2n1C. The molecule has 0 atom stereocenters. The van der Waals surface area contributed by atoms with Crippen molar-refractivity contribution in [3.63, 3.8) is 0 Å². The summed E-state index contributed by atoms with van der Waals surface area (Å²) < 4.78 is 1.92. The highest BCUT2D eigenvalue weighted by atomic mass is 16.4. The average Bonchev–Trinajstić information content (AvgIpc) is 2.79. The second-order valence-corrected chi connectivity index (χ2v) is 5.39. The standard InChI is InChI=1S/C17H17N3O2/c1-10-5-4-6-11(2)15(10)19-17-18-13-9-12(16(21)22)7-8-14(13)20(17)3/h4-9H,1-3H3,(H,18,19)(H,21,22). The molecule has 3 aromatic rings. The fourth-order valence-electron chi connectivity index (χ4n) is 2.57. The van der Waals surface area contributed by atoms with Gasteiger partial charge in [-0.05, 0) is 43.2 Å². The maximum absolute atomic E-state index is 11.1. The van der Waals surface area contributed by atoms with Gasteiger partial charge in [-0.15, -0.1) is 0 Å². The van der Waals surface area contributed by atoms with Crippen LogP contribution in [0.4, 0.5) is 11.6 Å². The van der Waals surface area contributed by atoms with Crippen LogP contribution in [0.15, 0.2) is 36.4 Å². The first-order chi connectivity index (χ1) is 10.5. The van der Waals surface area contributed by atoms with E-state index in [9.17, 15) is 4.79 Å². The first-order valence-electron chi connectivity index (χ1n) is 7.00. The van der Waals surface area contributed by atoms with Gasteiger partial charge in [0.1, 0.15) is 0 Å². The Labute approximate surface area is 128 Å². The van der Waals surface area contributed by atoms with Gasteiger partial charge in [0.15, 0.2) is 0 Å². The van der Waals surface area contributed by atoms with Crippen LogP contribution in [0.1, 0.15) is 21.5 Å². The Balaban J connectivity index is 2.08. The molecule has 0 spiro atoms. The maximum Gasteiger partial charge on any atom is 0.335 e. The molecule has 1 aromatic heterocycles. The number of carboxylic acids is 1. The number of benzene rings is 2. The van der Waals surface area contributed by atoms with Crippen LogP contribution in [-0.2, 0) is 7.05 Å². The summed E-state index contributed by atoms with van der Waals surface area (Å²) in [4.78, 5) is 15.6. The Morgan fingerprint density at radius 3 is 2.50 bits per heavy atom.